The van der Waals surface area contributed by atoms with Gasteiger partial charge in [-0.2, -0.15) is 0 Å². The Labute approximate surface area is 262 Å². The predicted octanol–water partition coefficient (Wildman–Crippen LogP) is 5.54. The van der Waals surface area contributed by atoms with Gasteiger partial charge in [0.2, 0.25) is 11.8 Å². The molecule has 236 valence electrons. The van der Waals surface area contributed by atoms with Gasteiger partial charge in [-0.15, -0.1) is 0 Å². The Morgan fingerprint density at radius 3 is 2.43 bits per heavy atom. The fourth-order valence-electron chi connectivity index (χ4n) is 7.14. The number of nitrogens with zero attached hydrogens (tertiary/aromatic N) is 1. The van der Waals surface area contributed by atoms with Crippen LogP contribution in [0.3, 0.4) is 0 Å². The minimum absolute atomic E-state index is 0.0708. The minimum Gasteiger partial charge on any atom is -0.463 e. The molecule has 7 nitrogen and oxygen atoms in total. The van der Waals surface area contributed by atoms with E-state index in [4.69, 9.17) is 4.74 Å². The van der Waals surface area contributed by atoms with Crippen LogP contribution in [0.2, 0.25) is 0 Å². The molecule has 1 fully saturated rings. The van der Waals surface area contributed by atoms with E-state index < -0.39 is 5.92 Å². The van der Waals surface area contributed by atoms with E-state index in [0.717, 1.165) is 36.0 Å². The number of fused-ring (bicyclic) bond motifs is 1. The molecular formula is C37H48N2O5. The Morgan fingerprint density at radius 2 is 1.66 bits per heavy atom. The Kier molecular flexibility index (Phi) is 11.6. The van der Waals surface area contributed by atoms with E-state index in [0.29, 0.717) is 44.6 Å². The van der Waals surface area contributed by atoms with Crippen LogP contribution in [0.25, 0.3) is 0 Å². The molecule has 7 heteroatoms. The van der Waals surface area contributed by atoms with E-state index in [1.165, 1.54) is 19.3 Å². The van der Waals surface area contributed by atoms with Crippen LogP contribution in [0.5, 0.6) is 0 Å². The van der Waals surface area contributed by atoms with E-state index in [1.807, 2.05) is 60.7 Å². The van der Waals surface area contributed by atoms with Crippen molar-refractivity contribution in [2.24, 2.45) is 17.8 Å². The van der Waals surface area contributed by atoms with E-state index >= 15 is 0 Å². The summed E-state index contributed by atoms with van der Waals surface area (Å²) >= 11 is 0. The number of hydrogen-bond acceptors (Lipinski definition) is 5. The van der Waals surface area contributed by atoms with Gasteiger partial charge in [-0.1, -0.05) is 98.9 Å². The van der Waals surface area contributed by atoms with Crippen molar-refractivity contribution in [1.82, 2.24) is 10.2 Å². The van der Waals surface area contributed by atoms with Crippen LogP contribution < -0.4 is 5.32 Å². The Morgan fingerprint density at radius 1 is 0.909 bits per heavy atom. The lowest BCUT2D eigenvalue weighted by Gasteiger charge is -2.37. The number of carbonyl (C=O) groups excluding carboxylic acids is 3. The fraction of sp³-hybridized carbons (Fsp3) is 0.541. The number of aliphatic hydroxyl groups is 1. The lowest BCUT2D eigenvalue weighted by molar-refractivity contribution is -0.150. The summed E-state index contributed by atoms with van der Waals surface area (Å²) in [5.74, 6) is -0.810. The molecule has 4 atom stereocenters. The second kappa shape index (κ2) is 16.0. The van der Waals surface area contributed by atoms with Crippen molar-refractivity contribution < 1.29 is 24.2 Å². The van der Waals surface area contributed by atoms with E-state index in [2.05, 4.69) is 11.4 Å². The first-order valence-electron chi connectivity index (χ1n) is 16.6. The third kappa shape index (κ3) is 8.81. The Bertz CT molecular complexity index is 1270. The third-order valence-corrected chi connectivity index (χ3v) is 9.72. The zero-order chi connectivity index (χ0) is 30.7. The van der Waals surface area contributed by atoms with Crippen molar-refractivity contribution >= 4 is 17.8 Å². The first-order chi connectivity index (χ1) is 21.5. The van der Waals surface area contributed by atoms with Crippen molar-refractivity contribution in [3.8, 4) is 0 Å². The first kappa shape index (κ1) is 32.0. The van der Waals surface area contributed by atoms with Crippen molar-refractivity contribution in [2.75, 3.05) is 13.2 Å². The van der Waals surface area contributed by atoms with Crippen molar-refractivity contribution in [3.63, 3.8) is 0 Å². The number of rotatable bonds is 7. The van der Waals surface area contributed by atoms with Gasteiger partial charge in [0.15, 0.2) is 0 Å². The van der Waals surface area contributed by atoms with Gasteiger partial charge >= 0.3 is 5.97 Å². The standard InChI is InChI=1S/C37H48N2O5/c40-25-34-22-29-16-10-11-19-32(29)24-39(34)35(41)23-30-17-8-3-9-18-31(20-27-12-4-1-5-13-27)37(43)44-26-33(38-36(30)42)21-28-14-6-2-7-15-28/h1,3-5,8,10-13,16,19,28,30-31,33-34,40H,2,6-7,9,14-15,17-18,20-26H2,(H,38,42). The molecule has 0 spiro atoms. The monoisotopic (exact) mass is 600 g/mol. The van der Waals surface area contributed by atoms with Gasteiger partial charge < -0.3 is 20.1 Å². The molecule has 1 aliphatic carbocycles. The maximum absolute atomic E-state index is 13.8. The van der Waals surface area contributed by atoms with Gasteiger partial charge in [-0.25, -0.2) is 0 Å². The van der Waals surface area contributed by atoms with Crippen LogP contribution in [-0.2, 0) is 38.5 Å². The lowest BCUT2D eigenvalue weighted by atomic mass is 9.84. The summed E-state index contributed by atoms with van der Waals surface area (Å²) in [4.78, 5) is 42.6. The second-order valence-electron chi connectivity index (χ2n) is 13.0. The normalized spacial score (nSPS) is 25.5. The van der Waals surface area contributed by atoms with Gasteiger partial charge in [0, 0.05) is 13.0 Å². The molecule has 3 aliphatic rings. The smallest absolute Gasteiger partial charge is 0.309 e. The maximum atomic E-state index is 13.8. The van der Waals surface area contributed by atoms with Crippen LogP contribution >= 0.6 is 0 Å². The number of benzene rings is 2. The molecule has 1 saturated carbocycles. The molecule has 0 bridgehead atoms. The van der Waals surface area contributed by atoms with Crippen LogP contribution in [0.1, 0.15) is 80.9 Å². The number of ether oxygens (including phenoxy) is 1. The zero-order valence-electron chi connectivity index (χ0n) is 25.9. The Balaban J connectivity index is 1.31. The molecule has 4 unspecified atom stereocenters. The summed E-state index contributed by atoms with van der Waals surface area (Å²) in [6.45, 7) is 0.471. The molecule has 2 aromatic rings. The molecule has 2 aromatic carbocycles. The molecule has 0 radical (unpaired) electrons. The molecule has 0 saturated heterocycles. The topological polar surface area (TPSA) is 95.9 Å². The van der Waals surface area contributed by atoms with Gasteiger partial charge in [0.05, 0.1) is 30.5 Å². The van der Waals surface area contributed by atoms with Gasteiger partial charge in [-0.3, -0.25) is 14.4 Å². The second-order valence-corrected chi connectivity index (χ2v) is 13.0. The number of carbonyl (C=O) groups is 3. The lowest BCUT2D eigenvalue weighted by Crippen LogP contribution is -2.48. The van der Waals surface area contributed by atoms with Gasteiger partial charge in [0.25, 0.3) is 0 Å². The highest BCUT2D eigenvalue weighted by Crippen LogP contribution is 2.29. The minimum atomic E-state index is -0.541. The van der Waals surface area contributed by atoms with Crippen molar-refractivity contribution in [2.45, 2.75) is 95.7 Å². The predicted molar refractivity (Wildman–Crippen MR) is 170 cm³/mol. The number of esters is 1. The maximum Gasteiger partial charge on any atom is 0.309 e. The third-order valence-electron chi connectivity index (χ3n) is 9.72. The molecule has 0 aromatic heterocycles. The van der Waals surface area contributed by atoms with E-state index in [9.17, 15) is 19.5 Å². The molecular weight excluding hydrogens is 552 g/mol. The van der Waals surface area contributed by atoms with Crippen LogP contribution in [-0.4, -0.2) is 53.1 Å². The zero-order valence-corrected chi connectivity index (χ0v) is 25.9. The summed E-state index contributed by atoms with van der Waals surface area (Å²) in [6, 6.07) is 17.5. The average molecular weight is 601 g/mol. The highest BCUT2D eigenvalue weighted by atomic mass is 16.5. The summed E-state index contributed by atoms with van der Waals surface area (Å²) in [6.07, 6.45) is 13.8. The molecule has 2 aliphatic heterocycles. The summed E-state index contributed by atoms with van der Waals surface area (Å²) in [7, 11) is 0. The number of hydrogen-bond donors (Lipinski definition) is 2. The number of nitrogens with one attached hydrogen (secondary N) is 1. The average Bonchev–Trinajstić information content (AvgIpc) is 3.06. The highest BCUT2D eigenvalue weighted by molar-refractivity contribution is 5.86. The fourth-order valence-corrected chi connectivity index (χ4v) is 7.14. The summed E-state index contributed by atoms with van der Waals surface area (Å²) < 4.78 is 5.94. The van der Waals surface area contributed by atoms with E-state index in [-0.39, 0.29) is 55.4 Å². The van der Waals surface area contributed by atoms with E-state index in [1.54, 1.807) is 4.90 Å². The highest BCUT2D eigenvalue weighted by Gasteiger charge is 2.33. The molecule has 2 amide bonds. The van der Waals surface area contributed by atoms with Gasteiger partial charge in [-0.05, 0) is 61.1 Å². The molecule has 2 heterocycles. The van der Waals surface area contributed by atoms with Crippen LogP contribution in [0.4, 0.5) is 0 Å². The number of cyclic esters (lactones) is 1. The molecule has 44 heavy (non-hydrogen) atoms. The SMILES string of the molecule is O=C1NC(CC2CCCCC2)COC(=O)C(Cc2ccccc2)CCC=CCC1CC(=O)N1Cc2ccccc2CC1CO. The largest absolute Gasteiger partial charge is 0.463 e. The first-order valence-corrected chi connectivity index (χ1v) is 16.6. The van der Waals surface area contributed by atoms with Crippen LogP contribution in [0.15, 0.2) is 66.7 Å². The summed E-state index contributed by atoms with van der Waals surface area (Å²) in [5.41, 5.74) is 3.35. The number of aliphatic hydroxyl groups excluding tert-OH is 1. The number of amides is 2. The number of allylic oxidation sites excluding steroid dienone is 2. The molecule has 5 rings (SSSR count). The van der Waals surface area contributed by atoms with Crippen molar-refractivity contribution in [1.29, 1.82) is 0 Å². The summed E-state index contributed by atoms with van der Waals surface area (Å²) in [5, 5.41) is 13.3. The quantitative estimate of drug-likeness (QED) is 0.322. The molecule has 2 N–H and O–H groups in total. The van der Waals surface area contributed by atoms with Crippen LogP contribution in [0, 0.1) is 17.8 Å². The van der Waals surface area contributed by atoms with Gasteiger partial charge in [0.1, 0.15) is 6.61 Å². The van der Waals surface area contributed by atoms with Crippen molar-refractivity contribution in [3.05, 3.63) is 83.4 Å². The Hall–Kier alpha value is -3.45.